The fourth-order valence-corrected chi connectivity index (χ4v) is 2.41. The maximum absolute atomic E-state index is 14.3. The van der Waals surface area contributed by atoms with Crippen LogP contribution < -0.4 is 0 Å². The Morgan fingerprint density at radius 2 is 1.61 bits per heavy atom. The number of ether oxygens (including phenoxy) is 3. The van der Waals surface area contributed by atoms with Gasteiger partial charge < -0.3 is 14.2 Å². The zero-order valence-corrected chi connectivity index (χ0v) is 19.0. The fourth-order valence-electron chi connectivity index (χ4n) is 2.41. The van der Waals surface area contributed by atoms with Crippen LogP contribution in [0.1, 0.15) is 60.3 Å². The van der Waals surface area contributed by atoms with Crippen molar-refractivity contribution in [1.82, 2.24) is 0 Å². The number of carbonyl (C=O) groups is 3. The van der Waals surface area contributed by atoms with Crippen LogP contribution in [0.15, 0.2) is 36.4 Å². The summed E-state index contributed by atoms with van der Waals surface area (Å²) in [5.74, 6) is 5.60. The van der Waals surface area contributed by atoms with Crippen molar-refractivity contribution in [3.05, 3.63) is 70.0 Å². The van der Waals surface area contributed by atoms with E-state index in [9.17, 15) is 18.8 Å². The van der Waals surface area contributed by atoms with E-state index < -0.39 is 30.5 Å². The van der Waals surface area contributed by atoms with Crippen LogP contribution in [-0.4, -0.2) is 31.3 Å². The van der Waals surface area contributed by atoms with E-state index >= 15 is 0 Å². The van der Waals surface area contributed by atoms with Gasteiger partial charge in [0.2, 0.25) is 6.79 Å². The number of esters is 3. The molecule has 0 unspecified atom stereocenters. The molecule has 0 saturated heterocycles. The van der Waals surface area contributed by atoms with Gasteiger partial charge in [0.05, 0.1) is 18.6 Å². The topological polar surface area (TPSA) is 78.9 Å². The van der Waals surface area contributed by atoms with Crippen LogP contribution in [0.5, 0.6) is 0 Å². The Balaban J connectivity index is 0.00000265. The van der Waals surface area contributed by atoms with Crippen molar-refractivity contribution < 1.29 is 33.0 Å². The molecule has 2 aromatic carbocycles. The van der Waals surface area contributed by atoms with Gasteiger partial charge in [-0.1, -0.05) is 37.7 Å². The number of hydrogen-bond donors (Lipinski definition) is 0. The third kappa shape index (κ3) is 9.28. The van der Waals surface area contributed by atoms with Gasteiger partial charge in [-0.3, -0.25) is 9.59 Å². The van der Waals surface area contributed by atoms with Crippen molar-refractivity contribution >= 4 is 17.9 Å². The minimum absolute atomic E-state index is 0.109. The summed E-state index contributed by atoms with van der Waals surface area (Å²) in [5, 5.41) is 0. The van der Waals surface area contributed by atoms with Gasteiger partial charge in [0.15, 0.2) is 0 Å². The Morgan fingerprint density at radius 3 is 2.21 bits per heavy atom. The molecule has 0 aliphatic heterocycles. The lowest BCUT2D eigenvalue weighted by molar-refractivity contribution is -0.165. The van der Waals surface area contributed by atoms with Crippen molar-refractivity contribution in [1.29, 1.82) is 0 Å². The first-order valence-corrected chi connectivity index (χ1v) is 10.2. The third-order valence-corrected chi connectivity index (χ3v) is 3.83. The quantitative estimate of drug-likeness (QED) is 0.374. The minimum atomic E-state index is -0.739. The van der Waals surface area contributed by atoms with E-state index in [0.717, 1.165) is 0 Å². The molecule has 0 radical (unpaired) electrons. The maximum atomic E-state index is 14.3. The fraction of sp³-hybridized carbons (Fsp3) is 0.269. The van der Waals surface area contributed by atoms with Crippen molar-refractivity contribution in [3.63, 3.8) is 0 Å². The zero-order valence-electron chi connectivity index (χ0n) is 19.0. The van der Waals surface area contributed by atoms with Gasteiger partial charge in [0.1, 0.15) is 5.82 Å². The monoisotopic (exact) mass is 452 g/mol. The molecule has 0 saturated carbocycles. The predicted octanol–water partition coefficient (Wildman–Crippen LogP) is 4.02. The van der Waals surface area contributed by atoms with Gasteiger partial charge in [-0.25, -0.2) is 9.18 Å². The Bertz CT molecular complexity index is 1100. The van der Waals surface area contributed by atoms with E-state index in [0.29, 0.717) is 16.7 Å². The average molecular weight is 452 g/mol. The smallest absolute Gasteiger partial charge is 0.338 e. The van der Waals surface area contributed by atoms with E-state index in [4.69, 9.17) is 11.2 Å². The number of carbonyl (C=O) groups excluding carboxylic acids is 3. The molecule has 2 rings (SSSR count). The highest BCUT2D eigenvalue weighted by molar-refractivity contribution is 5.90. The van der Waals surface area contributed by atoms with E-state index in [1.807, 2.05) is 13.8 Å². The summed E-state index contributed by atoms with van der Waals surface area (Å²) in [5.41, 5.74) is 1.67. The molecule has 7 heteroatoms. The van der Waals surface area contributed by atoms with Gasteiger partial charge in [-0.15, -0.1) is 6.42 Å². The van der Waals surface area contributed by atoms with Crippen LogP contribution in [0.25, 0.3) is 0 Å². The van der Waals surface area contributed by atoms with Crippen LogP contribution in [0.4, 0.5) is 4.39 Å². The molecule has 0 atom stereocenters. The largest absolute Gasteiger partial charge is 0.462 e. The average Bonchev–Trinajstić information content (AvgIpc) is 2.80. The summed E-state index contributed by atoms with van der Waals surface area (Å²) in [6, 6.07) is 8.82. The van der Waals surface area contributed by atoms with Gasteiger partial charge in [0, 0.05) is 23.6 Å². The van der Waals surface area contributed by atoms with Crippen LogP contribution in [0.2, 0.25) is 0 Å². The van der Waals surface area contributed by atoms with Crippen LogP contribution in [0, 0.1) is 30.0 Å². The summed E-state index contributed by atoms with van der Waals surface area (Å²) in [6.07, 6.45) is 5.10. The molecule has 0 heterocycles. The SMILES string of the molecule is C#Cc1cc(C#Cc2ccc(CC(=O)OCOC(C)=O)c(F)c2)cc(C(=O)OCC)c1.CC. The highest BCUT2D eigenvalue weighted by Gasteiger charge is 2.11. The molecule has 0 spiro atoms. The lowest BCUT2D eigenvalue weighted by Crippen LogP contribution is -2.13. The van der Waals surface area contributed by atoms with Crippen molar-refractivity contribution in [3.8, 4) is 24.2 Å². The molecular weight excluding hydrogens is 427 g/mol. The van der Waals surface area contributed by atoms with E-state index in [1.165, 1.54) is 31.2 Å². The number of rotatable bonds is 6. The second kappa shape index (κ2) is 14.1. The molecule has 172 valence electrons. The summed E-state index contributed by atoms with van der Waals surface area (Å²) in [7, 11) is 0. The van der Waals surface area contributed by atoms with E-state index in [1.54, 1.807) is 19.1 Å². The van der Waals surface area contributed by atoms with Crippen LogP contribution in [0.3, 0.4) is 0 Å². The predicted molar refractivity (Wildman–Crippen MR) is 120 cm³/mol. The summed E-state index contributed by atoms with van der Waals surface area (Å²) in [6.45, 7) is 6.57. The molecule has 0 fully saturated rings. The highest BCUT2D eigenvalue weighted by atomic mass is 19.1. The van der Waals surface area contributed by atoms with E-state index in [2.05, 4.69) is 27.2 Å². The molecular formula is C26H25FO6. The Kier molecular flexibility index (Phi) is 11.5. The molecule has 0 N–H and O–H groups in total. The van der Waals surface area contributed by atoms with Crippen molar-refractivity contribution in [2.45, 2.75) is 34.1 Å². The van der Waals surface area contributed by atoms with E-state index in [-0.39, 0.29) is 24.2 Å². The number of halogens is 1. The first kappa shape index (κ1) is 26.9. The molecule has 0 aliphatic rings. The maximum Gasteiger partial charge on any atom is 0.338 e. The van der Waals surface area contributed by atoms with Crippen molar-refractivity contribution in [2.75, 3.05) is 13.4 Å². The molecule has 0 bridgehead atoms. The molecule has 6 nitrogen and oxygen atoms in total. The second-order valence-electron chi connectivity index (χ2n) is 6.17. The lowest BCUT2D eigenvalue weighted by Gasteiger charge is -2.06. The normalized spacial score (nSPS) is 9.21. The Morgan fingerprint density at radius 1 is 0.939 bits per heavy atom. The lowest BCUT2D eigenvalue weighted by atomic mass is 10.0. The first-order chi connectivity index (χ1) is 15.8. The van der Waals surface area contributed by atoms with Gasteiger partial charge in [-0.2, -0.15) is 0 Å². The molecule has 2 aromatic rings. The molecule has 33 heavy (non-hydrogen) atoms. The van der Waals surface area contributed by atoms with Gasteiger partial charge >= 0.3 is 17.9 Å². The van der Waals surface area contributed by atoms with Gasteiger partial charge in [-0.05, 0) is 42.8 Å². The Labute approximate surface area is 193 Å². The van der Waals surface area contributed by atoms with Crippen molar-refractivity contribution in [2.24, 2.45) is 0 Å². The summed E-state index contributed by atoms with van der Waals surface area (Å²) in [4.78, 5) is 34.3. The number of benzene rings is 2. The molecule has 0 amide bonds. The molecule has 0 aromatic heterocycles. The summed E-state index contributed by atoms with van der Waals surface area (Å²) >= 11 is 0. The highest BCUT2D eigenvalue weighted by Crippen LogP contribution is 2.13. The number of terminal acetylenes is 1. The number of hydrogen-bond acceptors (Lipinski definition) is 6. The zero-order chi connectivity index (χ0) is 24.8. The second-order valence-corrected chi connectivity index (χ2v) is 6.17. The van der Waals surface area contributed by atoms with Gasteiger partial charge in [0.25, 0.3) is 0 Å². The third-order valence-electron chi connectivity index (χ3n) is 3.83. The van der Waals surface area contributed by atoms with Crippen LogP contribution in [-0.2, 0) is 30.2 Å². The van der Waals surface area contributed by atoms with Crippen LogP contribution >= 0.6 is 0 Å². The minimum Gasteiger partial charge on any atom is -0.462 e. The molecule has 0 aliphatic carbocycles. The Hall–Kier alpha value is -4.10. The summed E-state index contributed by atoms with van der Waals surface area (Å²) < 4.78 is 28.5. The first-order valence-electron chi connectivity index (χ1n) is 10.2. The standard InChI is InChI=1S/C24H19FO6.C2H6/c1-4-17-10-19(12-21(11-17)24(28)29-5-2)7-6-18-8-9-20(22(25)13-18)14-23(27)31-15-30-16(3)26;1-2/h1,8-13H,5,14-15H2,2-3H3;1-2H3.